The molecule has 7 nitrogen and oxygen atoms in total. The molecular formula is C24H28N4O3S. The topological polar surface area (TPSA) is 67.7 Å². The Balaban J connectivity index is 1.28. The van der Waals surface area contributed by atoms with E-state index in [-0.39, 0.29) is 0 Å². The molecule has 0 radical (unpaired) electrons. The summed E-state index contributed by atoms with van der Waals surface area (Å²) in [6.07, 6.45) is 3.30. The van der Waals surface area contributed by atoms with Gasteiger partial charge in [0.05, 0.1) is 23.4 Å². The third-order valence-corrected chi connectivity index (χ3v) is 8.33. The molecule has 5 rings (SSSR count). The number of nitrogens with zero attached hydrogens (tertiary/aromatic N) is 4. The molecule has 0 amide bonds. The van der Waals surface area contributed by atoms with Crippen molar-refractivity contribution in [3.8, 4) is 11.4 Å². The van der Waals surface area contributed by atoms with E-state index in [4.69, 9.17) is 9.84 Å². The number of hydrogen-bond donors (Lipinski definition) is 0. The van der Waals surface area contributed by atoms with Crippen molar-refractivity contribution in [1.29, 1.82) is 0 Å². The van der Waals surface area contributed by atoms with E-state index in [2.05, 4.69) is 21.7 Å². The number of fused-ring (bicyclic) bond motifs is 1. The summed E-state index contributed by atoms with van der Waals surface area (Å²) in [6.45, 7) is 3.12. The van der Waals surface area contributed by atoms with Crippen LogP contribution in [0.5, 0.6) is 5.75 Å². The van der Waals surface area contributed by atoms with Crippen LogP contribution in [0.1, 0.15) is 23.4 Å². The molecular weight excluding hydrogens is 424 g/mol. The van der Waals surface area contributed by atoms with Gasteiger partial charge in [0, 0.05) is 38.4 Å². The fraction of sp³-hybridized carbons (Fsp3) is 0.375. The number of methoxy groups -OCH3 is 1. The van der Waals surface area contributed by atoms with Gasteiger partial charge in [-0.15, -0.1) is 0 Å². The summed E-state index contributed by atoms with van der Waals surface area (Å²) in [7, 11) is -1.92. The number of ether oxygens (including phenoxy) is 1. The minimum absolute atomic E-state index is 0.311. The first-order valence-corrected chi connectivity index (χ1v) is 12.5. The number of piperazine rings is 1. The summed E-state index contributed by atoms with van der Waals surface area (Å²) < 4.78 is 34.9. The number of sulfonamides is 1. The van der Waals surface area contributed by atoms with E-state index in [1.807, 2.05) is 18.2 Å². The number of para-hydroxylation sites is 1. The number of aromatic nitrogens is 2. The Labute approximate surface area is 189 Å². The lowest BCUT2D eigenvalue weighted by molar-refractivity contribution is 0.179. The molecule has 168 valence electrons. The van der Waals surface area contributed by atoms with Crippen LogP contribution in [-0.2, 0) is 29.4 Å². The van der Waals surface area contributed by atoms with E-state index in [1.54, 1.807) is 35.7 Å². The molecule has 2 aliphatic rings. The van der Waals surface area contributed by atoms with Gasteiger partial charge < -0.3 is 4.74 Å². The maximum atomic E-state index is 13.0. The van der Waals surface area contributed by atoms with Crippen LogP contribution < -0.4 is 4.74 Å². The maximum absolute atomic E-state index is 13.0. The van der Waals surface area contributed by atoms with Gasteiger partial charge in [-0.05, 0) is 61.2 Å². The molecule has 2 aromatic carbocycles. The van der Waals surface area contributed by atoms with E-state index in [1.165, 1.54) is 17.7 Å². The van der Waals surface area contributed by atoms with Crippen LogP contribution in [0, 0.1) is 0 Å². The predicted molar refractivity (Wildman–Crippen MR) is 123 cm³/mol. The largest absolute Gasteiger partial charge is 0.497 e. The first-order valence-electron chi connectivity index (χ1n) is 11.1. The fourth-order valence-electron chi connectivity index (χ4n) is 4.66. The second-order valence-electron chi connectivity index (χ2n) is 8.33. The van der Waals surface area contributed by atoms with Crippen LogP contribution in [-0.4, -0.2) is 60.7 Å². The molecule has 1 aliphatic carbocycles. The van der Waals surface area contributed by atoms with Gasteiger partial charge in [-0.2, -0.15) is 9.40 Å². The summed E-state index contributed by atoms with van der Waals surface area (Å²) in [5.41, 5.74) is 4.94. The van der Waals surface area contributed by atoms with Crippen molar-refractivity contribution in [2.75, 3.05) is 33.3 Å². The van der Waals surface area contributed by atoms with E-state index < -0.39 is 10.0 Å². The first kappa shape index (κ1) is 21.2. The van der Waals surface area contributed by atoms with Crippen LogP contribution in [0.25, 0.3) is 5.69 Å². The summed E-state index contributed by atoms with van der Waals surface area (Å²) in [5, 5.41) is 4.96. The summed E-state index contributed by atoms with van der Waals surface area (Å²) in [5.74, 6) is 0.649. The molecule has 0 saturated carbocycles. The van der Waals surface area contributed by atoms with Crippen molar-refractivity contribution in [1.82, 2.24) is 19.0 Å². The van der Waals surface area contributed by atoms with E-state index >= 15 is 0 Å². The highest BCUT2D eigenvalue weighted by atomic mass is 32.2. The van der Waals surface area contributed by atoms with Crippen molar-refractivity contribution in [3.05, 3.63) is 71.5 Å². The van der Waals surface area contributed by atoms with Gasteiger partial charge in [0.2, 0.25) is 10.0 Å². The average Bonchev–Trinajstić information content (AvgIpc) is 3.44. The van der Waals surface area contributed by atoms with Crippen LogP contribution in [0.4, 0.5) is 0 Å². The second kappa shape index (κ2) is 8.69. The number of benzene rings is 2. The molecule has 1 aromatic heterocycles. The lowest BCUT2D eigenvalue weighted by Gasteiger charge is -2.33. The lowest BCUT2D eigenvalue weighted by Crippen LogP contribution is -2.48. The Kier molecular flexibility index (Phi) is 5.75. The summed E-state index contributed by atoms with van der Waals surface area (Å²) in [6, 6.07) is 16.9. The summed E-state index contributed by atoms with van der Waals surface area (Å²) in [4.78, 5) is 2.63. The Morgan fingerprint density at radius 2 is 1.66 bits per heavy atom. The Morgan fingerprint density at radius 3 is 2.34 bits per heavy atom. The number of rotatable bonds is 6. The molecule has 2 heterocycles. The average molecular weight is 453 g/mol. The van der Waals surface area contributed by atoms with Crippen LogP contribution in [0.15, 0.2) is 59.5 Å². The van der Waals surface area contributed by atoms with Gasteiger partial charge in [-0.25, -0.2) is 13.1 Å². The first-order chi connectivity index (χ1) is 15.6. The molecule has 0 unspecified atom stereocenters. The van der Waals surface area contributed by atoms with Gasteiger partial charge in [0.15, 0.2) is 0 Å². The zero-order chi connectivity index (χ0) is 22.1. The Morgan fingerprint density at radius 1 is 0.938 bits per heavy atom. The summed E-state index contributed by atoms with van der Waals surface area (Å²) >= 11 is 0. The zero-order valence-corrected chi connectivity index (χ0v) is 19.1. The number of hydrogen-bond acceptors (Lipinski definition) is 5. The van der Waals surface area contributed by atoms with Crippen LogP contribution >= 0.6 is 0 Å². The SMILES string of the molecule is COc1ccc(S(=O)(=O)N2CCN(Cc3nn(-c4ccccc4)c4c3CCC4)CC2)cc1. The van der Waals surface area contributed by atoms with Gasteiger partial charge in [-0.1, -0.05) is 18.2 Å². The molecule has 1 saturated heterocycles. The molecule has 0 spiro atoms. The van der Waals surface area contributed by atoms with Crippen molar-refractivity contribution < 1.29 is 13.2 Å². The van der Waals surface area contributed by atoms with Gasteiger partial charge in [0.25, 0.3) is 0 Å². The minimum Gasteiger partial charge on any atom is -0.497 e. The third kappa shape index (κ3) is 3.94. The van der Waals surface area contributed by atoms with Gasteiger partial charge in [0.1, 0.15) is 5.75 Å². The third-order valence-electron chi connectivity index (χ3n) is 6.42. The smallest absolute Gasteiger partial charge is 0.243 e. The highest BCUT2D eigenvalue weighted by Crippen LogP contribution is 2.29. The Hall–Kier alpha value is -2.68. The van der Waals surface area contributed by atoms with Crippen molar-refractivity contribution in [3.63, 3.8) is 0 Å². The molecule has 3 aromatic rings. The lowest BCUT2D eigenvalue weighted by atomic mass is 10.2. The monoisotopic (exact) mass is 452 g/mol. The molecule has 0 N–H and O–H groups in total. The normalized spacial score (nSPS) is 17.4. The standard InChI is InChI=1S/C24H28N4O3S/c1-31-20-10-12-21(13-11-20)32(29,30)27-16-14-26(15-17-27)18-23-22-8-5-9-24(22)28(25-23)19-6-3-2-4-7-19/h2-4,6-7,10-13H,5,8-9,14-18H2,1H3. The highest BCUT2D eigenvalue weighted by molar-refractivity contribution is 7.89. The van der Waals surface area contributed by atoms with Crippen LogP contribution in [0.2, 0.25) is 0 Å². The molecule has 32 heavy (non-hydrogen) atoms. The molecule has 0 bridgehead atoms. The van der Waals surface area contributed by atoms with E-state index in [0.717, 1.165) is 30.8 Å². The highest BCUT2D eigenvalue weighted by Gasteiger charge is 2.30. The maximum Gasteiger partial charge on any atom is 0.243 e. The molecule has 8 heteroatoms. The van der Waals surface area contributed by atoms with Crippen molar-refractivity contribution >= 4 is 10.0 Å². The van der Waals surface area contributed by atoms with Crippen molar-refractivity contribution in [2.45, 2.75) is 30.7 Å². The van der Waals surface area contributed by atoms with E-state index in [0.29, 0.717) is 36.8 Å². The van der Waals surface area contributed by atoms with E-state index in [9.17, 15) is 8.42 Å². The van der Waals surface area contributed by atoms with Crippen LogP contribution in [0.3, 0.4) is 0 Å². The molecule has 0 atom stereocenters. The predicted octanol–water partition coefficient (Wildman–Crippen LogP) is 2.88. The Bertz CT molecular complexity index is 1180. The second-order valence-corrected chi connectivity index (χ2v) is 10.3. The fourth-order valence-corrected chi connectivity index (χ4v) is 6.08. The quantitative estimate of drug-likeness (QED) is 0.575. The molecule has 1 aliphatic heterocycles. The minimum atomic E-state index is -3.49. The van der Waals surface area contributed by atoms with Gasteiger partial charge >= 0.3 is 0 Å². The van der Waals surface area contributed by atoms with Crippen molar-refractivity contribution in [2.24, 2.45) is 0 Å². The van der Waals surface area contributed by atoms with Gasteiger partial charge in [-0.3, -0.25) is 4.90 Å². The molecule has 1 fully saturated rings. The zero-order valence-electron chi connectivity index (χ0n) is 18.3.